The quantitative estimate of drug-likeness (QED) is 0.335. The van der Waals surface area contributed by atoms with Gasteiger partial charge in [0.15, 0.2) is 0 Å². The van der Waals surface area contributed by atoms with Crippen molar-refractivity contribution in [3.05, 3.63) is 12.2 Å². The standard InChI is InChI=1S/C9H18N2O2/c1-2-13-9(12)5-3-7-11-8-4-6-10/h3,5,11H,2,4,6-8,10H2,1H3/b5-3+. The molecule has 0 spiro atoms. The van der Waals surface area contributed by atoms with E-state index in [1.165, 1.54) is 6.08 Å². The van der Waals surface area contributed by atoms with Crippen molar-refractivity contribution in [2.75, 3.05) is 26.2 Å². The molecule has 0 saturated carbocycles. The van der Waals surface area contributed by atoms with E-state index in [1.807, 2.05) is 0 Å². The van der Waals surface area contributed by atoms with E-state index < -0.39 is 0 Å². The van der Waals surface area contributed by atoms with Crippen LogP contribution >= 0.6 is 0 Å². The summed E-state index contributed by atoms with van der Waals surface area (Å²) < 4.78 is 4.70. The lowest BCUT2D eigenvalue weighted by Crippen LogP contribution is -2.18. The van der Waals surface area contributed by atoms with Crippen LogP contribution in [0.4, 0.5) is 0 Å². The van der Waals surface area contributed by atoms with Crippen molar-refractivity contribution >= 4 is 5.97 Å². The molecule has 0 heterocycles. The SMILES string of the molecule is CCOC(=O)/C=C/CNCCCN. The second-order valence-electron chi connectivity index (χ2n) is 2.50. The van der Waals surface area contributed by atoms with Gasteiger partial charge in [-0.05, 0) is 26.4 Å². The highest BCUT2D eigenvalue weighted by Gasteiger charge is 1.91. The zero-order valence-electron chi connectivity index (χ0n) is 8.08. The predicted molar refractivity (Wildman–Crippen MR) is 52.3 cm³/mol. The largest absolute Gasteiger partial charge is 0.463 e. The van der Waals surface area contributed by atoms with Gasteiger partial charge in [-0.25, -0.2) is 4.79 Å². The Morgan fingerprint density at radius 1 is 1.62 bits per heavy atom. The van der Waals surface area contributed by atoms with Crippen LogP contribution in [0, 0.1) is 0 Å². The molecule has 0 aliphatic heterocycles. The highest BCUT2D eigenvalue weighted by Crippen LogP contribution is 1.80. The minimum Gasteiger partial charge on any atom is -0.463 e. The Morgan fingerprint density at radius 2 is 2.38 bits per heavy atom. The fraction of sp³-hybridized carbons (Fsp3) is 0.667. The van der Waals surface area contributed by atoms with E-state index in [9.17, 15) is 4.79 Å². The molecule has 0 aromatic carbocycles. The van der Waals surface area contributed by atoms with Gasteiger partial charge in [-0.3, -0.25) is 0 Å². The Bertz CT molecular complexity index is 158. The van der Waals surface area contributed by atoms with E-state index in [1.54, 1.807) is 13.0 Å². The molecule has 76 valence electrons. The summed E-state index contributed by atoms with van der Waals surface area (Å²) in [5.41, 5.74) is 5.30. The summed E-state index contributed by atoms with van der Waals surface area (Å²) in [7, 11) is 0. The topological polar surface area (TPSA) is 64.3 Å². The van der Waals surface area contributed by atoms with E-state index in [4.69, 9.17) is 10.5 Å². The third kappa shape index (κ3) is 9.04. The number of nitrogens with one attached hydrogen (secondary N) is 1. The molecule has 13 heavy (non-hydrogen) atoms. The van der Waals surface area contributed by atoms with Crippen LogP contribution in [-0.2, 0) is 9.53 Å². The Labute approximate surface area is 79.1 Å². The predicted octanol–water partition coefficient (Wildman–Crippen LogP) is 0.0441. The van der Waals surface area contributed by atoms with Crippen LogP contribution in [0.5, 0.6) is 0 Å². The summed E-state index contributed by atoms with van der Waals surface area (Å²) in [5.74, 6) is -0.289. The molecule has 0 aliphatic carbocycles. The molecule has 0 amide bonds. The lowest BCUT2D eigenvalue weighted by Gasteiger charge is -1.98. The molecule has 0 atom stereocenters. The maximum atomic E-state index is 10.8. The third-order valence-electron chi connectivity index (χ3n) is 1.36. The van der Waals surface area contributed by atoms with Crippen LogP contribution < -0.4 is 11.1 Å². The highest BCUT2D eigenvalue weighted by atomic mass is 16.5. The van der Waals surface area contributed by atoms with Crippen molar-refractivity contribution in [2.24, 2.45) is 5.73 Å². The normalized spacial score (nSPS) is 10.6. The molecular formula is C9H18N2O2. The lowest BCUT2D eigenvalue weighted by molar-refractivity contribution is -0.137. The summed E-state index contributed by atoms with van der Waals surface area (Å²) in [6.07, 6.45) is 4.13. The van der Waals surface area contributed by atoms with Crippen molar-refractivity contribution in [3.8, 4) is 0 Å². The van der Waals surface area contributed by atoms with Gasteiger partial charge >= 0.3 is 5.97 Å². The molecule has 4 heteroatoms. The number of esters is 1. The van der Waals surface area contributed by atoms with Gasteiger partial charge < -0.3 is 15.8 Å². The van der Waals surface area contributed by atoms with Crippen LogP contribution in [-0.4, -0.2) is 32.2 Å². The number of ether oxygens (including phenoxy) is 1. The van der Waals surface area contributed by atoms with Gasteiger partial charge in [-0.2, -0.15) is 0 Å². The van der Waals surface area contributed by atoms with Crippen LogP contribution in [0.1, 0.15) is 13.3 Å². The van der Waals surface area contributed by atoms with Crippen molar-refractivity contribution in [1.29, 1.82) is 0 Å². The summed E-state index contributed by atoms with van der Waals surface area (Å²) in [4.78, 5) is 10.8. The first-order valence-corrected chi connectivity index (χ1v) is 4.55. The zero-order valence-corrected chi connectivity index (χ0v) is 8.08. The molecular weight excluding hydrogens is 168 g/mol. The third-order valence-corrected chi connectivity index (χ3v) is 1.36. The first-order valence-electron chi connectivity index (χ1n) is 4.55. The molecule has 0 bridgehead atoms. The average molecular weight is 186 g/mol. The van der Waals surface area contributed by atoms with Crippen molar-refractivity contribution in [2.45, 2.75) is 13.3 Å². The van der Waals surface area contributed by atoms with Crippen LogP contribution in [0.15, 0.2) is 12.2 Å². The smallest absolute Gasteiger partial charge is 0.330 e. The van der Waals surface area contributed by atoms with E-state index in [0.717, 1.165) is 13.0 Å². The fourth-order valence-electron chi connectivity index (χ4n) is 0.758. The minimum absolute atomic E-state index is 0.289. The Kier molecular flexibility index (Phi) is 8.60. The van der Waals surface area contributed by atoms with Crippen molar-refractivity contribution < 1.29 is 9.53 Å². The second-order valence-corrected chi connectivity index (χ2v) is 2.50. The number of rotatable bonds is 7. The molecule has 0 aromatic heterocycles. The lowest BCUT2D eigenvalue weighted by atomic mass is 10.4. The first-order chi connectivity index (χ1) is 6.31. The zero-order chi connectivity index (χ0) is 9.94. The average Bonchev–Trinajstić information content (AvgIpc) is 2.11. The number of hydrogen-bond donors (Lipinski definition) is 2. The monoisotopic (exact) mass is 186 g/mol. The van der Waals surface area contributed by atoms with E-state index in [2.05, 4.69) is 5.32 Å². The van der Waals surface area contributed by atoms with E-state index >= 15 is 0 Å². The summed E-state index contributed by atoms with van der Waals surface area (Å²) >= 11 is 0. The van der Waals surface area contributed by atoms with Gasteiger partial charge in [-0.1, -0.05) is 6.08 Å². The Morgan fingerprint density at radius 3 is 3.00 bits per heavy atom. The van der Waals surface area contributed by atoms with Crippen LogP contribution in [0.25, 0.3) is 0 Å². The molecule has 0 fully saturated rings. The number of nitrogens with two attached hydrogens (primary N) is 1. The number of carbonyl (C=O) groups is 1. The summed E-state index contributed by atoms with van der Waals surface area (Å²) in [5, 5.41) is 3.11. The van der Waals surface area contributed by atoms with E-state index in [-0.39, 0.29) is 5.97 Å². The second kappa shape index (κ2) is 9.22. The van der Waals surface area contributed by atoms with Crippen molar-refractivity contribution in [3.63, 3.8) is 0 Å². The van der Waals surface area contributed by atoms with Crippen LogP contribution in [0.3, 0.4) is 0 Å². The number of carbonyl (C=O) groups excluding carboxylic acids is 1. The maximum Gasteiger partial charge on any atom is 0.330 e. The summed E-state index contributed by atoms with van der Waals surface area (Å²) in [6.45, 7) is 4.45. The molecule has 0 rings (SSSR count). The van der Waals surface area contributed by atoms with Gasteiger partial charge in [0.05, 0.1) is 6.61 Å². The fourth-order valence-corrected chi connectivity index (χ4v) is 0.758. The molecule has 0 aromatic rings. The highest BCUT2D eigenvalue weighted by molar-refractivity contribution is 5.81. The van der Waals surface area contributed by atoms with Gasteiger partial charge in [0.1, 0.15) is 0 Å². The van der Waals surface area contributed by atoms with Gasteiger partial charge in [0, 0.05) is 12.6 Å². The number of hydrogen-bond acceptors (Lipinski definition) is 4. The molecule has 0 saturated heterocycles. The van der Waals surface area contributed by atoms with Crippen LogP contribution in [0.2, 0.25) is 0 Å². The molecule has 4 nitrogen and oxygen atoms in total. The minimum atomic E-state index is -0.289. The van der Waals surface area contributed by atoms with E-state index in [0.29, 0.717) is 19.7 Å². The molecule has 0 radical (unpaired) electrons. The molecule has 0 unspecified atom stereocenters. The van der Waals surface area contributed by atoms with Gasteiger partial charge in [0.25, 0.3) is 0 Å². The first kappa shape index (κ1) is 12.1. The summed E-state index contributed by atoms with van der Waals surface area (Å²) in [6, 6.07) is 0. The molecule has 3 N–H and O–H groups in total. The molecule has 0 aliphatic rings. The van der Waals surface area contributed by atoms with Gasteiger partial charge in [-0.15, -0.1) is 0 Å². The van der Waals surface area contributed by atoms with Gasteiger partial charge in [0.2, 0.25) is 0 Å². The van der Waals surface area contributed by atoms with Crippen molar-refractivity contribution in [1.82, 2.24) is 5.32 Å². The Hall–Kier alpha value is -0.870. The Balaban J connectivity index is 3.25. The maximum absolute atomic E-state index is 10.8.